The Hall–Kier alpha value is -1.71. The van der Waals surface area contributed by atoms with Crippen LogP contribution < -0.4 is 0 Å². The van der Waals surface area contributed by atoms with Crippen LogP contribution in [0.15, 0.2) is 18.2 Å². The Morgan fingerprint density at radius 1 is 1.05 bits per heavy atom. The van der Waals surface area contributed by atoms with Crippen molar-refractivity contribution in [3.05, 3.63) is 23.8 Å². The molecule has 2 aliphatic rings. The smallest absolute Gasteiger partial charge is 0.254 e. The number of phenols is 2. The van der Waals surface area contributed by atoms with Gasteiger partial charge in [-0.25, -0.2) is 0 Å². The summed E-state index contributed by atoms with van der Waals surface area (Å²) in [5.41, 5.74) is 0.378. The first-order chi connectivity index (χ1) is 9.15. The monoisotopic (exact) mass is 261 g/mol. The molecule has 19 heavy (non-hydrogen) atoms. The standard InChI is InChI=1S/C15H19NO3/c17-12-7-11(8-13(18)9-12)15(19)16-6-5-10-3-1-2-4-14(10)16/h7-10,14,17-18H,1-6H2. The average Bonchev–Trinajstić information content (AvgIpc) is 2.80. The molecule has 4 nitrogen and oxygen atoms in total. The molecule has 2 unspecified atom stereocenters. The molecule has 0 spiro atoms. The molecule has 2 atom stereocenters. The highest BCUT2D eigenvalue weighted by atomic mass is 16.3. The van der Waals surface area contributed by atoms with Gasteiger partial charge >= 0.3 is 0 Å². The van der Waals surface area contributed by atoms with Crippen molar-refractivity contribution in [1.82, 2.24) is 4.90 Å². The molecular formula is C15H19NO3. The van der Waals surface area contributed by atoms with Gasteiger partial charge in [0, 0.05) is 24.2 Å². The van der Waals surface area contributed by atoms with Crippen molar-refractivity contribution in [3.8, 4) is 11.5 Å². The lowest BCUT2D eigenvalue weighted by molar-refractivity contribution is 0.0689. The third-order valence-corrected chi connectivity index (χ3v) is 4.42. The predicted molar refractivity (Wildman–Crippen MR) is 71.2 cm³/mol. The van der Waals surface area contributed by atoms with Crippen molar-refractivity contribution in [2.24, 2.45) is 5.92 Å². The van der Waals surface area contributed by atoms with Crippen LogP contribution in [0.3, 0.4) is 0 Å². The topological polar surface area (TPSA) is 60.8 Å². The van der Waals surface area contributed by atoms with Gasteiger partial charge in [-0.1, -0.05) is 12.8 Å². The zero-order valence-corrected chi connectivity index (χ0v) is 10.9. The Labute approximate surface area is 112 Å². The SMILES string of the molecule is O=C(c1cc(O)cc(O)c1)N1CCC2CCCCC21. The van der Waals surface area contributed by atoms with Gasteiger partial charge in [-0.2, -0.15) is 0 Å². The van der Waals surface area contributed by atoms with Gasteiger partial charge in [0.1, 0.15) is 11.5 Å². The molecule has 1 aliphatic heterocycles. The summed E-state index contributed by atoms with van der Waals surface area (Å²) in [6.07, 6.45) is 5.86. The Balaban J connectivity index is 1.83. The molecule has 1 amide bonds. The Bertz CT molecular complexity index is 480. The molecule has 1 saturated carbocycles. The molecule has 2 N–H and O–H groups in total. The Morgan fingerprint density at radius 3 is 2.47 bits per heavy atom. The molecule has 0 aromatic heterocycles. The first-order valence-electron chi connectivity index (χ1n) is 6.99. The first kappa shape index (κ1) is 12.3. The molecule has 1 heterocycles. The van der Waals surface area contributed by atoms with E-state index < -0.39 is 0 Å². The maximum absolute atomic E-state index is 12.5. The van der Waals surface area contributed by atoms with E-state index in [-0.39, 0.29) is 17.4 Å². The van der Waals surface area contributed by atoms with E-state index in [0.717, 1.165) is 19.4 Å². The summed E-state index contributed by atoms with van der Waals surface area (Å²) in [5, 5.41) is 19.0. The van der Waals surface area contributed by atoms with Crippen molar-refractivity contribution in [3.63, 3.8) is 0 Å². The molecule has 1 aromatic rings. The summed E-state index contributed by atoms with van der Waals surface area (Å²) < 4.78 is 0. The zero-order chi connectivity index (χ0) is 13.4. The Kier molecular flexibility index (Phi) is 3.09. The number of rotatable bonds is 1. The fraction of sp³-hybridized carbons (Fsp3) is 0.533. The van der Waals surface area contributed by atoms with Gasteiger partial charge in [0.05, 0.1) is 0 Å². The first-order valence-corrected chi connectivity index (χ1v) is 6.99. The number of hydrogen-bond donors (Lipinski definition) is 2. The fourth-order valence-corrected chi connectivity index (χ4v) is 3.54. The molecule has 0 bridgehead atoms. The maximum Gasteiger partial charge on any atom is 0.254 e. The van der Waals surface area contributed by atoms with Crippen LogP contribution >= 0.6 is 0 Å². The van der Waals surface area contributed by atoms with E-state index in [1.165, 1.54) is 37.5 Å². The third-order valence-electron chi connectivity index (χ3n) is 4.42. The van der Waals surface area contributed by atoms with E-state index in [0.29, 0.717) is 17.5 Å². The second-order valence-corrected chi connectivity index (χ2v) is 5.64. The van der Waals surface area contributed by atoms with Crippen molar-refractivity contribution >= 4 is 5.91 Å². The second kappa shape index (κ2) is 4.76. The van der Waals surface area contributed by atoms with Crippen molar-refractivity contribution in [2.45, 2.75) is 38.1 Å². The number of amides is 1. The highest BCUT2D eigenvalue weighted by molar-refractivity contribution is 5.95. The van der Waals surface area contributed by atoms with Gasteiger partial charge in [-0.15, -0.1) is 0 Å². The van der Waals surface area contributed by atoms with Gasteiger partial charge in [0.15, 0.2) is 0 Å². The van der Waals surface area contributed by atoms with Gasteiger partial charge in [0.2, 0.25) is 0 Å². The lowest BCUT2D eigenvalue weighted by atomic mass is 9.85. The normalized spacial score (nSPS) is 26.2. The van der Waals surface area contributed by atoms with Crippen LogP contribution in [0.25, 0.3) is 0 Å². The number of hydrogen-bond acceptors (Lipinski definition) is 3. The van der Waals surface area contributed by atoms with Crippen LogP contribution in [-0.2, 0) is 0 Å². The van der Waals surface area contributed by atoms with E-state index in [9.17, 15) is 15.0 Å². The van der Waals surface area contributed by atoms with E-state index in [1.807, 2.05) is 4.90 Å². The predicted octanol–water partition coefficient (Wildman–Crippen LogP) is 2.50. The van der Waals surface area contributed by atoms with Crippen LogP contribution in [-0.4, -0.2) is 33.6 Å². The number of nitrogens with zero attached hydrogens (tertiary/aromatic N) is 1. The summed E-state index contributed by atoms with van der Waals surface area (Å²) in [6.45, 7) is 0.796. The number of likely N-dealkylation sites (tertiary alicyclic amines) is 1. The van der Waals surface area contributed by atoms with Gasteiger partial charge in [-0.05, 0) is 37.3 Å². The van der Waals surface area contributed by atoms with Crippen LogP contribution in [0.2, 0.25) is 0 Å². The lowest BCUT2D eigenvalue weighted by Gasteiger charge is -2.31. The summed E-state index contributed by atoms with van der Waals surface area (Å²) >= 11 is 0. The molecule has 3 rings (SSSR count). The van der Waals surface area contributed by atoms with E-state index in [2.05, 4.69) is 0 Å². The number of aromatic hydroxyl groups is 2. The fourth-order valence-electron chi connectivity index (χ4n) is 3.54. The quantitative estimate of drug-likeness (QED) is 0.816. The van der Waals surface area contributed by atoms with E-state index >= 15 is 0 Å². The molecule has 1 aliphatic carbocycles. The van der Waals surface area contributed by atoms with Gasteiger partial charge < -0.3 is 15.1 Å². The summed E-state index contributed by atoms with van der Waals surface area (Å²) in [4.78, 5) is 14.4. The van der Waals surface area contributed by atoms with Crippen molar-refractivity contribution < 1.29 is 15.0 Å². The minimum absolute atomic E-state index is 0.0669. The number of benzene rings is 1. The third kappa shape index (κ3) is 2.27. The van der Waals surface area contributed by atoms with Crippen molar-refractivity contribution in [1.29, 1.82) is 0 Å². The maximum atomic E-state index is 12.5. The summed E-state index contributed by atoms with van der Waals surface area (Å²) in [5.74, 6) is 0.440. The van der Waals surface area contributed by atoms with Gasteiger partial charge in [-0.3, -0.25) is 4.79 Å². The molecular weight excluding hydrogens is 242 g/mol. The molecule has 2 fully saturated rings. The van der Waals surface area contributed by atoms with Crippen molar-refractivity contribution in [2.75, 3.05) is 6.54 Å². The average molecular weight is 261 g/mol. The molecule has 102 valence electrons. The number of carbonyl (C=O) groups is 1. The number of carbonyl (C=O) groups excluding carboxylic acids is 1. The summed E-state index contributed by atoms with van der Waals surface area (Å²) in [7, 11) is 0. The Morgan fingerprint density at radius 2 is 1.74 bits per heavy atom. The summed E-state index contributed by atoms with van der Waals surface area (Å²) in [6, 6.07) is 4.45. The highest BCUT2D eigenvalue weighted by Crippen LogP contribution is 2.37. The van der Waals surface area contributed by atoms with Crippen LogP contribution in [0.1, 0.15) is 42.5 Å². The minimum Gasteiger partial charge on any atom is -0.508 e. The van der Waals surface area contributed by atoms with Crippen LogP contribution in [0.4, 0.5) is 0 Å². The lowest BCUT2D eigenvalue weighted by Crippen LogP contribution is -2.39. The molecule has 1 saturated heterocycles. The van der Waals surface area contributed by atoms with E-state index in [4.69, 9.17) is 0 Å². The molecule has 1 aromatic carbocycles. The number of phenolic OH excluding ortho intramolecular Hbond substituents is 2. The zero-order valence-electron chi connectivity index (χ0n) is 10.9. The van der Waals surface area contributed by atoms with Crippen LogP contribution in [0.5, 0.6) is 11.5 Å². The molecule has 4 heteroatoms. The molecule has 0 radical (unpaired) electrons. The minimum atomic E-state index is -0.0689. The highest BCUT2D eigenvalue weighted by Gasteiger charge is 2.38. The van der Waals surface area contributed by atoms with Gasteiger partial charge in [0.25, 0.3) is 5.91 Å². The largest absolute Gasteiger partial charge is 0.508 e. The number of fused-ring (bicyclic) bond motifs is 1. The second-order valence-electron chi connectivity index (χ2n) is 5.64. The van der Waals surface area contributed by atoms with E-state index in [1.54, 1.807) is 0 Å². The van der Waals surface area contributed by atoms with Crippen LogP contribution in [0, 0.1) is 5.92 Å².